The molecule has 1 atom stereocenters. The Balaban J connectivity index is 1.90. The van der Waals surface area contributed by atoms with Crippen LogP contribution in [0, 0.1) is 0 Å². The zero-order valence-electron chi connectivity index (χ0n) is 14.9. The number of anilines is 2. The van der Waals surface area contributed by atoms with Gasteiger partial charge < -0.3 is 4.90 Å². The second-order valence-electron chi connectivity index (χ2n) is 6.37. The second kappa shape index (κ2) is 7.32. The number of fused-ring (bicyclic) bond motifs is 1. The van der Waals surface area contributed by atoms with Gasteiger partial charge in [-0.05, 0) is 42.5 Å². The van der Waals surface area contributed by atoms with Crippen LogP contribution in [0.15, 0.2) is 52.3 Å². The molecule has 0 aliphatic carbocycles. The number of rotatable bonds is 3. The minimum atomic E-state index is -4.50. The molecular weight excluding hydrogens is 413 g/mol. The Morgan fingerprint density at radius 3 is 2.39 bits per heavy atom. The smallest absolute Gasteiger partial charge is 0.310 e. The average molecular weight is 430 g/mol. The number of nitrogens with one attached hydrogen (secondary N) is 1. The van der Waals surface area contributed by atoms with Crippen LogP contribution in [0.5, 0.6) is 0 Å². The van der Waals surface area contributed by atoms with E-state index in [9.17, 15) is 26.4 Å². The van der Waals surface area contributed by atoms with Crippen molar-refractivity contribution in [1.29, 1.82) is 0 Å². The lowest BCUT2D eigenvalue weighted by atomic mass is 10.2. The van der Waals surface area contributed by atoms with E-state index in [0.717, 1.165) is 29.2 Å². The van der Waals surface area contributed by atoms with Gasteiger partial charge in [0.2, 0.25) is 5.91 Å². The SMILES string of the molecule is CC(=O)N1C[C@H](C)Sc2ccc(S(=O)(=O)Nc3ccc(C(F)(F)F)cc3)cc21. The zero-order chi connectivity index (χ0) is 20.7. The Morgan fingerprint density at radius 2 is 1.82 bits per heavy atom. The molecular formula is C18H17F3N2O3S2. The fourth-order valence-electron chi connectivity index (χ4n) is 2.82. The molecule has 0 saturated carbocycles. The number of benzene rings is 2. The molecule has 28 heavy (non-hydrogen) atoms. The van der Waals surface area contributed by atoms with Crippen LogP contribution in [-0.4, -0.2) is 26.1 Å². The van der Waals surface area contributed by atoms with E-state index >= 15 is 0 Å². The largest absolute Gasteiger partial charge is 0.416 e. The third-order valence-electron chi connectivity index (χ3n) is 4.14. The highest BCUT2D eigenvalue weighted by Crippen LogP contribution is 2.40. The fourth-order valence-corrected chi connectivity index (χ4v) is 5.00. The van der Waals surface area contributed by atoms with E-state index in [1.807, 2.05) is 6.92 Å². The van der Waals surface area contributed by atoms with Crippen molar-refractivity contribution in [2.45, 2.75) is 35.1 Å². The summed E-state index contributed by atoms with van der Waals surface area (Å²) in [5.74, 6) is -0.196. The minimum Gasteiger partial charge on any atom is -0.310 e. The van der Waals surface area contributed by atoms with E-state index in [1.165, 1.54) is 24.0 Å². The van der Waals surface area contributed by atoms with Crippen LogP contribution >= 0.6 is 11.8 Å². The van der Waals surface area contributed by atoms with E-state index in [4.69, 9.17) is 0 Å². The number of carbonyl (C=O) groups excluding carboxylic acids is 1. The molecule has 0 radical (unpaired) electrons. The Labute approximate surface area is 165 Å². The van der Waals surface area contributed by atoms with Crippen molar-refractivity contribution in [3.63, 3.8) is 0 Å². The molecule has 0 spiro atoms. The minimum absolute atomic E-state index is 0.0112. The van der Waals surface area contributed by atoms with Gasteiger partial charge in [-0.25, -0.2) is 8.42 Å². The van der Waals surface area contributed by atoms with Crippen LogP contribution in [-0.2, 0) is 21.0 Å². The number of alkyl halides is 3. The number of halogens is 3. The Kier molecular flexibility index (Phi) is 5.37. The lowest BCUT2D eigenvalue weighted by molar-refractivity contribution is -0.137. The van der Waals surface area contributed by atoms with Gasteiger partial charge in [-0.3, -0.25) is 9.52 Å². The van der Waals surface area contributed by atoms with E-state index in [1.54, 1.807) is 17.8 Å². The van der Waals surface area contributed by atoms with E-state index in [0.29, 0.717) is 12.2 Å². The molecule has 5 nitrogen and oxygen atoms in total. The first-order valence-electron chi connectivity index (χ1n) is 8.26. The average Bonchev–Trinajstić information content (AvgIpc) is 2.59. The summed E-state index contributed by atoms with van der Waals surface area (Å²) in [6.45, 7) is 3.84. The quantitative estimate of drug-likeness (QED) is 0.786. The second-order valence-corrected chi connectivity index (χ2v) is 9.53. The Morgan fingerprint density at radius 1 is 1.18 bits per heavy atom. The highest BCUT2D eigenvalue weighted by atomic mass is 32.2. The molecule has 2 aromatic rings. The molecule has 0 fully saturated rings. The standard InChI is InChI=1S/C18H17F3N2O3S2/c1-11-10-23(12(2)24)16-9-15(7-8-17(16)27-11)28(25,26)22-14-5-3-13(4-6-14)18(19,20)21/h3-9,11,22H,10H2,1-2H3/t11-/m0/s1. The first-order chi connectivity index (χ1) is 13.0. The van der Waals surface area contributed by atoms with Crippen molar-refractivity contribution >= 4 is 39.1 Å². The monoisotopic (exact) mass is 430 g/mol. The van der Waals surface area contributed by atoms with Gasteiger partial charge in [0.1, 0.15) is 0 Å². The molecule has 1 aliphatic heterocycles. The molecule has 3 rings (SSSR count). The Hall–Kier alpha value is -2.20. The molecule has 1 heterocycles. The van der Waals surface area contributed by atoms with Crippen LogP contribution in [0.4, 0.5) is 24.5 Å². The number of hydrogen-bond acceptors (Lipinski definition) is 4. The van der Waals surface area contributed by atoms with Gasteiger partial charge in [0.25, 0.3) is 10.0 Å². The maximum Gasteiger partial charge on any atom is 0.416 e. The van der Waals surface area contributed by atoms with E-state index in [2.05, 4.69) is 4.72 Å². The summed E-state index contributed by atoms with van der Waals surface area (Å²) in [4.78, 5) is 14.2. The van der Waals surface area contributed by atoms with Gasteiger partial charge >= 0.3 is 6.18 Å². The van der Waals surface area contributed by atoms with Gasteiger partial charge in [-0.2, -0.15) is 13.2 Å². The van der Waals surface area contributed by atoms with Crippen molar-refractivity contribution in [2.24, 2.45) is 0 Å². The van der Waals surface area contributed by atoms with Crippen molar-refractivity contribution in [1.82, 2.24) is 0 Å². The number of sulfonamides is 1. The molecule has 0 bridgehead atoms. The van der Waals surface area contributed by atoms with Crippen LogP contribution in [0.3, 0.4) is 0 Å². The van der Waals surface area contributed by atoms with Crippen molar-refractivity contribution in [3.05, 3.63) is 48.0 Å². The molecule has 1 amide bonds. The highest BCUT2D eigenvalue weighted by molar-refractivity contribution is 8.00. The Bertz CT molecular complexity index is 1010. The first-order valence-corrected chi connectivity index (χ1v) is 10.6. The van der Waals surface area contributed by atoms with E-state index < -0.39 is 21.8 Å². The lowest BCUT2D eigenvalue weighted by Gasteiger charge is -2.32. The third kappa shape index (κ3) is 4.27. The summed E-state index contributed by atoms with van der Waals surface area (Å²) in [6, 6.07) is 8.17. The molecule has 10 heteroatoms. The maximum atomic E-state index is 12.7. The third-order valence-corrected chi connectivity index (χ3v) is 6.67. The van der Waals surface area contributed by atoms with Gasteiger partial charge in [-0.15, -0.1) is 11.8 Å². The van der Waals surface area contributed by atoms with E-state index in [-0.39, 0.29) is 21.7 Å². The molecule has 1 aliphatic rings. The summed E-state index contributed by atoms with van der Waals surface area (Å²) in [6.07, 6.45) is -4.50. The summed E-state index contributed by atoms with van der Waals surface area (Å²) in [7, 11) is -4.04. The van der Waals surface area contributed by atoms with Gasteiger partial charge in [0, 0.05) is 29.3 Å². The number of amides is 1. The summed E-state index contributed by atoms with van der Waals surface area (Å²) < 4.78 is 65.5. The summed E-state index contributed by atoms with van der Waals surface area (Å²) >= 11 is 1.54. The van der Waals surface area contributed by atoms with Crippen molar-refractivity contribution < 1.29 is 26.4 Å². The topological polar surface area (TPSA) is 66.5 Å². The molecule has 0 saturated heterocycles. The molecule has 150 valence electrons. The lowest BCUT2D eigenvalue weighted by Crippen LogP contribution is -2.37. The predicted molar refractivity (Wildman–Crippen MR) is 102 cm³/mol. The van der Waals surface area contributed by atoms with Crippen molar-refractivity contribution in [2.75, 3.05) is 16.2 Å². The van der Waals surface area contributed by atoms with Gasteiger partial charge in [0.15, 0.2) is 0 Å². The number of carbonyl (C=O) groups is 1. The molecule has 1 N–H and O–H groups in total. The van der Waals surface area contributed by atoms with Crippen LogP contribution in [0.1, 0.15) is 19.4 Å². The van der Waals surface area contributed by atoms with Crippen LogP contribution < -0.4 is 9.62 Å². The van der Waals surface area contributed by atoms with Gasteiger partial charge in [0.05, 0.1) is 16.1 Å². The molecule has 0 aromatic heterocycles. The molecule has 0 unspecified atom stereocenters. The van der Waals surface area contributed by atoms with Crippen LogP contribution in [0.25, 0.3) is 0 Å². The molecule has 2 aromatic carbocycles. The van der Waals surface area contributed by atoms with Crippen LogP contribution in [0.2, 0.25) is 0 Å². The number of nitrogens with zero attached hydrogens (tertiary/aromatic N) is 1. The van der Waals surface area contributed by atoms with Crippen molar-refractivity contribution in [3.8, 4) is 0 Å². The summed E-state index contributed by atoms with van der Waals surface area (Å²) in [5, 5.41) is 0.170. The summed E-state index contributed by atoms with van der Waals surface area (Å²) in [5.41, 5.74) is -0.351. The highest BCUT2D eigenvalue weighted by Gasteiger charge is 2.30. The van der Waals surface area contributed by atoms with Gasteiger partial charge in [-0.1, -0.05) is 6.92 Å². The first kappa shape index (κ1) is 20.5. The predicted octanol–water partition coefficient (Wildman–Crippen LogP) is 4.35. The number of hydrogen-bond donors (Lipinski definition) is 1. The fraction of sp³-hybridized carbons (Fsp3) is 0.278. The zero-order valence-corrected chi connectivity index (χ0v) is 16.6. The normalized spacial score (nSPS) is 17.2. The maximum absolute atomic E-state index is 12.7. The number of thioether (sulfide) groups is 1.